The lowest BCUT2D eigenvalue weighted by Crippen LogP contribution is -2.43. The lowest BCUT2D eigenvalue weighted by atomic mass is 9.92. The molecule has 0 bridgehead atoms. The molecule has 0 aliphatic carbocycles. The van der Waals surface area contributed by atoms with E-state index >= 15 is 0 Å². The minimum atomic E-state index is -0.326. The van der Waals surface area contributed by atoms with E-state index in [1.165, 1.54) is 0 Å². The normalized spacial score (nSPS) is 16.6. The number of hydrogen-bond acceptors (Lipinski definition) is 2. The van der Waals surface area contributed by atoms with Gasteiger partial charge in [0.05, 0.1) is 22.8 Å². The van der Waals surface area contributed by atoms with Crippen LogP contribution in [0.3, 0.4) is 0 Å². The number of aromatic nitrogens is 2. The molecule has 1 atom stereocenters. The average molecular weight is 492 g/mol. The van der Waals surface area contributed by atoms with Gasteiger partial charge in [-0.25, -0.2) is 9.78 Å². The summed E-state index contributed by atoms with van der Waals surface area (Å²) in [5.41, 5.74) is 5.50. The van der Waals surface area contributed by atoms with Crippen molar-refractivity contribution in [2.75, 3.05) is 0 Å². The Balaban J connectivity index is 1.79. The summed E-state index contributed by atoms with van der Waals surface area (Å²) in [5, 5.41) is 6.11. The first kappa shape index (κ1) is 17.9. The topological polar surface area (TPSA) is 69.8 Å². The number of H-pyrrole nitrogens is 1. The first-order valence-corrected chi connectivity index (χ1v) is 10.4. The van der Waals surface area contributed by atoms with Crippen molar-refractivity contribution in [2.24, 2.45) is 0 Å². The monoisotopic (exact) mass is 492 g/mol. The fourth-order valence-corrected chi connectivity index (χ4v) is 4.37. The van der Waals surface area contributed by atoms with Crippen LogP contribution in [0.1, 0.15) is 23.0 Å². The van der Waals surface area contributed by atoms with Gasteiger partial charge in [-0.15, -0.1) is 0 Å². The molecule has 0 radical (unpaired) electrons. The van der Waals surface area contributed by atoms with Gasteiger partial charge in [0, 0.05) is 9.14 Å². The molecular formula is C23H17IN4O. The summed E-state index contributed by atoms with van der Waals surface area (Å²) in [7, 11) is 0. The van der Waals surface area contributed by atoms with Gasteiger partial charge in [-0.2, -0.15) is 0 Å². The van der Waals surface area contributed by atoms with E-state index in [2.05, 4.69) is 38.2 Å². The number of halogens is 1. The van der Waals surface area contributed by atoms with Crippen LogP contribution < -0.4 is 10.6 Å². The number of amides is 2. The number of benzene rings is 3. The summed E-state index contributed by atoms with van der Waals surface area (Å²) in [5.74, 6) is 0.738. The largest absolute Gasteiger partial charge is 0.338 e. The van der Waals surface area contributed by atoms with Crippen molar-refractivity contribution in [3.05, 3.63) is 99.4 Å². The van der Waals surface area contributed by atoms with Crippen molar-refractivity contribution in [3.63, 3.8) is 0 Å². The molecule has 4 aromatic rings. The van der Waals surface area contributed by atoms with Gasteiger partial charge in [0.15, 0.2) is 0 Å². The highest BCUT2D eigenvalue weighted by atomic mass is 127. The minimum Gasteiger partial charge on any atom is -0.338 e. The van der Waals surface area contributed by atoms with Crippen LogP contribution >= 0.6 is 22.6 Å². The number of imidazole rings is 1. The van der Waals surface area contributed by atoms with E-state index in [0.717, 1.165) is 42.8 Å². The highest BCUT2D eigenvalue weighted by Gasteiger charge is 2.32. The van der Waals surface area contributed by atoms with Crippen molar-refractivity contribution >= 4 is 50.9 Å². The smallest absolute Gasteiger partial charge is 0.320 e. The molecule has 5 nitrogen and oxygen atoms in total. The van der Waals surface area contributed by atoms with E-state index in [4.69, 9.17) is 4.98 Å². The van der Waals surface area contributed by atoms with Crippen molar-refractivity contribution in [1.82, 2.24) is 20.6 Å². The van der Waals surface area contributed by atoms with Crippen molar-refractivity contribution in [3.8, 4) is 0 Å². The second kappa shape index (κ2) is 7.36. The second-order valence-corrected chi connectivity index (χ2v) is 7.97. The number of aromatic amines is 1. The first-order chi connectivity index (χ1) is 14.2. The molecule has 0 saturated heterocycles. The van der Waals surface area contributed by atoms with E-state index in [-0.39, 0.29) is 12.1 Å². The van der Waals surface area contributed by atoms with E-state index in [0.29, 0.717) is 0 Å². The Morgan fingerprint density at radius 2 is 1.59 bits per heavy atom. The molecule has 2 heterocycles. The van der Waals surface area contributed by atoms with Crippen LogP contribution in [0.15, 0.2) is 78.9 Å². The predicted molar refractivity (Wildman–Crippen MR) is 123 cm³/mol. The molecule has 29 heavy (non-hydrogen) atoms. The Morgan fingerprint density at radius 1 is 0.862 bits per heavy atom. The molecule has 3 aromatic carbocycles. The highest BCUT2D eigenvalue weighted by Crippen LogP contribution is 2.38. The number of carbonyl (C=O) groups is 1. The molecule has 3 N–H and O–H groups in total. The van der Waals surface area contributed by atoms with Crippen LogP contribution in [-0.2, 0) is 0 Å². The van der Waals surface area contributed by atoms with Gasteiger partial charge in [-0.05, 0) is 51.9 Å². The zero-order chi connectivity index (χ0) is 19.8. The maximum absolute atomic E-state index is 12.6. The molecule has 1 unspecified atom stereocenters. The number of urea groups is 1. The summed E-state index contributed by atoms with van der Waals surface area (Å²) < 4.78 is 1.08. The Labute approximate surface area is 181 Å². The Bertz CT molecular complexity index is 1210. The van der Waals surface area contributed by atoms with Crippen LogP contribution in [0.25, 0.3) is 22.3 Å². The number of fused-ring (bicyclic) bond motifs is 1. The summed E-state index contributed by atoms with van der Waals surface area (Å²) >= 11 is 2.31. The number of para-hydroxylation sites is 2. The Kier molecular flexibility index (Phi) is 4.55. The molecule has 142 valence electrons. The lowest BCUT2D eigenvalue weighted by molar-refractivity contribution is 0.242. The molecule has 2 amide bonds. The Hall–Kier alpha value is -3.13. The van der Waals surface area contributed by atoms with Gasteiger partial charge in [-0.1, -0.05) is 60.7 Å². The third kappa shape index (κ3) is 3.29. The number of nitrogens with zero attached hydrogens (tertiary/aromatic N) is 1. The summed E-state index contributed by atoms with van der Waals surface area (Å²) in [6.45, 7) is 0. The number of nitrogens with one attached hydrogen (secondary N) is 3. The van der Waals surface area contributed by atoms with Gasteiger partial charge < -0.3 is 15.6 Å². The van der Waals surface area contributed by atoms with Crippen molar-refractivity contribution in [1.29, 1.82) is 0 Å². The molecule has 1 aliphatic heterocycles. The number of hydrogen-bond donors (Lipinski definition) is 3. The van der Waals surface area contributed by atoms with Gasteiger partial charge in [-0.3, -0.25) is 0 Å². The van der Waals surface area contributed by atoms with Crippen molar-refractivity contribution < 1.29 is 4.79 Å². The van der Waals surface area contributed by atoms with Crippen LogP contribution in [0, 0.1) is 3.57 Å². The summed E-state index contributed by atoms with van der Waals surface area (Å²) in [4.78, 5) is 20.9. The molecule has 1 aromatic heterocycles. The quantitative estimate of drug-likeness (QED) is 0.349. The third-order valence-corrected chi connectivity index (χ3v) is 5.98. The van der Waals surface area contributed by atoms with Gasteiger partial charge >= 0.3 is 6.03 Å². The molecule has 1 aliphatic rings. The summed E-state index contributed by atoms with van der Waals surface area (Å²) in [6, 6.07) is 25.3. The third-order valence-electron chi connectivity index (χ3n) is 5.00. The molecule has 0 spiro atoms. The van der Waals surface area contributed by atoms with Gasteiger partial charge in [0.2, 0.25) is 0 Å². The molecule has 0 saturated carbocycles. The van der Waals surface area contributed by atoms with E-state index in [1.807, 2.05) is 78.9 Å². The highest BCUT2D eigenvalue weighted by molar-refractivity contribution is 14.1. The predicted octanol–water partition coefficient (Wildman–Crippen LogP) is 5.09. The minimum absolute atomic E-state index is 0.228. The van der Waals surface area contributed by atoms with Crippen LogP contribution in [0.4, 0.5) is 4.79 Å². The fourth-order valence-electron chi connectivity index (χ4n) is 3.67. The zero-order valence-electron chi connectivity index (χ0n) is 15.3. The number of rotatable bonds is 3. The van der Waals surface area contributed by atoms with Gasteiger partial charge in [0.25, 0.3) is 0 Å². The second-order valence-electron chi connectivity index (χ2n) is 6.81. The van der Waals surface area contributed by atoms with Crippen molar-refractivity contribution in [2.45, 2.75) is 6.04 Å². The summed E-state index contributed by atoms with van der Waals surface area (Å²) in [6.07, 6.45) is 0. The van der Waals surface area contributed by atoms with Gasteiger partial charge in [0.1, 0.15) is 5.82 Å². The maximum Gasteiger partial charge on any atom is 0.320 e. The molecule has 0 fully saturated rings. The Morgan fingerprint density at radius 3 is 2.38 bits per heavy atom. The van der Waals surface area contributed by atoms with Crippen LogP contribution in [0.2, 0.25) is 0 Å². The first-order valence-electron chi connectivity index (χ1n) is 9.27. The van der Waals surface area contributed by atoms with Crippen LogP contribution in [-0.4, -0.2) is 16.0 Å². The van der Waals surface area contributed by atoms with E-state index in [9.17, 15) is 4.79 Å². The van der Waals surface area contributed by atoms with E-state index < -0.39 is 0 Å². The lowest BCUT2D eigenvalue weighted by Gasteiger charge is -2.30. The molecule has 6 heteroatoms. The average Bonchev–Trinajstić information content (AvgIpc) is 3.18. The number of carbonyl (C=O) groups excluding carboxylic acids is 1. The molecule has 5 rings (SSSR count). The fraction of sp³-hybridized carbons (Fsp3) is 0.0435. The van der Waals surface area contributed by atoms with E-state index in [1.54, 1.807) is 0 Å². The van der Waals surface area contributed by atoms with Crippen LogP contribution in [0.5, 0.6) is 0 Å². The SMILES string of the molecule is O=C1NC(c2ccccc2)=C(c2nc3ccccc3[nH]2)C(c2ccccc2I)N1. The molecular weight excluding hydrogens is 475 g/mol. The maximum atomic E-state index is 12.6. The standard InChI is InChI=1S/C23H17IN4O/c24-16-11-5-4-10-15(16)21-19(22-25-17-12-6-7-13-18(17)26-22)20(27-23(29)28-21)14-8-2-1-3-9-14/h1-13,21H,(H,25,26)(H2,27,28,29). The zero-order valence-corrected chi connectivity index (χ0v) is 17.5.